The second-order valence-electron chi connectivity index (χ2n) is 6.25. The Morgan fingerprint density at radius 3 is 2.19 bits per heavy atom. The van der Waals surface area contributed by atoms with Crippen LogP contribution in [0.1, 0.15) is 32.7 Å². The lowest BCUT2D eigenvalue weighted by Crippen LogP contribution is -2.31. The van der Waals surface area contributed by atoms with Crippen LogP contribution in [0.2, 0.25) is 0 Å². The Hall–Kier alpha value is -1.70. The van der Waals surface area contributed by atoms with Crippen LogP contribution in [0.4, 0.5) is 0 Å². The molecular formula is C20H20Br2N2O3. The highest BCUT2D eigenvalue weighted by atomic mass is 79.9. The van der Waals surface area contributed by atoms with Crippen LogP contribution >= 0.6 is 31.9 Å². The zero-order valence-electron chi connectivity index (χ0n) is 14.9. The summed E-state index contributed by atoms with van der Waals surface area (Å²) in [6.45, 7) is 1.64. The van der Waals surface area contributed by atoms with Crippen molar-refractivity contribution in [2.24, 2.45) is 0 Å². The van der Waals surface area contributed by atoms with E-state index in [1.165, 1.54) is 10.5 Å². The second-order valence-corrected chi connectivity index (χ2v) is 7.96. The maximum absolute atomic E-state index is 12.3. The maximum Gasteiger partial charge on any atom is 0.261 e. The number of hydrogen-bond acceptors (Lipinski definition) is 4. The first-order chi connectivity index (χ1) is 13.0. The summed E-state index contributed by atoms with van der Waals surface area (Å²) in [4.78, 5) is 26.0. The number of imide groups is 1. The van der Waals surface area contributed by atoms with Crippen molar-refractivity contribution < 1.29 is 14.3 Å². The van der Waals surface area contributed by atoms with Gasteiger partial charge in [-0.1, -0.05) is 12.1 Å². The Morgan fingerprint density at radius 2 is 1.63 bits per heavy atom. The molecule has 1 aliphatic rings. The molecule has 2 aromatic rings. The smallest absolute Gasteiger partial charge is 0.261 e. The molecule has 0 saturated carbocycles. The van der Waals surface area contributed by atoms with E-state index in [1.54, 1.807) is 24.3 Å². The van der Waals surface area contributed by atoms with Gasteiger partial charge in [0.15, 0.2) is 0 Å². The number of nitrogens with one attached hydrogen (secondary N) is 1. The topological polar surface area (TPSA) is 58.6 Å². The Morgan fingerprint density at radius 1 is 1.04 bits per heavy atom. The van der Waals surface area contributed by atoms with E-state index in [9.17, 15) is 9.59 Å². The van der Waals surface area contributed by atoms with Crippen molar-refractivity contribution >= 4 is 43.7 Å². The number of hydrogen-bond donors (Lipinski definition) is 1. The molecule has 0 aromatic heterocycles. The molecule has 3 rings (SSSR count). The van der Waals surface area contributed by atoms with E-state index >= 15 is 0 Å². The molecule has 1 N–H and O–H groups in total. The van der Waals surface area contributed by atoms with E-state index in [0.29, 0.717) is 30.7 Å². The van der Waals surface area contributed by atoms with Gasteiger partial charge in [0.2, 0.25) is 0 Å². The van der Waals surface area contributed by atoms with Gasteiger partial charge in [-0.15, -0.1) is 0 Å². The molecule has 0 aliphatic carbocycles. The molecule has 5 nitrogen and oxygen atoms in total. The third-order valence-corrected chi connectivity index (χ3v) is 5.55. The third kappa shape index (κ3) is 4.42. The van der Waals surface area contributed by atoms with Gasteiger partial charge >= 0.3 is 0 Å². The number of likely N-dealkylation sites (N-methyl/N-ethyl adjacent to an activating group) is 1. The number of carbonyl (C=O) groups excluding carboxylic acids is 2. The molecule has 0 radical (unpaired) electrons. The van der Waals surface area contributed by atoms with Crippen LogP contribution in [0.3, 0.4) is 0 Å². The van der Waals surface area contributed by atoms with Crippen molar-refractivity contribution in [3.8, 4) is 5.75 Å². The zero-order chi connectivity index (χ0) is 19.4. The number of fused-ring (bicyclic) bond motifs is 1. The highest BCUT2D eigenvalue weighted by Crippen LogP contribution is 2.35. The number of carbonyl (C=O) groups is 2. The predicted octanol–water partition coefficient (Wildman–Crippen LogP) is 4.04. The molecule has 0 saturated heterocycles. The van der Waals surface area contributed by atoms with Gasteiger partial charge in [0.1, 0.15) is 5.75 Å². The van der Waals surface area contributed by atoms with Crippen molar-refractivity contribution in [2.45, 2.75) is 12.8 Å². The summed E-state index contributed by atoms with van der Waals surface area (Å²) in [5.41, 5.74) is 2.15. The van der Waals surface area contributed by atoms with Gasteiger partial charge in [0.05, 0.1) is 26.7 Å². The monoisotopic (exact) mass is 494 g/mol. The number of benzene rings is 2. The number of amides is 2. The molecule has 0 atom stereocenters. The highest BCUT2D eigenvalue weighted by molar-refractivity contribution is 9.11. The van der Waals surface area contributed by atoms with Gasteiger partial charge in [0.25, 0.3) is 11.8 Å². The Labute approximate surface area is 175 Å². The summed E-state index contributed by atoms with van der Waals surface area (Å²) >= 11 is 7.11. The molecule has 0 spiro atoms. The van der Waals surface area contributed by atoms with Crippen LogP contribution in [-0.4, -0.2) is 43.5 Å². The quantitative estimate of drug-likeness (QED) is 0.443. The van der Waals surface area contributed by atoms with Crippen molar-refractivity contribution in [1.29, 1.82) is 0 Å². The fourth-order valence-corrected chi connectivity index (χ4v) is 4.51. The summed E-state index contributed by atoms with van der Waals surface area (Å²) in [7, 11) is 1.93. The minimum Gasteiger partial charge on any atom is -0.491 e. The number of halogens is 2. The summed E-state index contributed by atoms with van der Waals surface area (Å²) in [5.74, 6) is 0.268. The molecule has 142 valence electrons. The fourth-order valence-electron chi connectivity index (χ4n) is 3.00. The normalized spacial score (nSPS) is 13.2. The summed E-state index contributed by atoms with van der Waals surface area (Å²) in [5, 5.41) is 3.13. The van der Waals surface area contributed by atoms with Crippen molar-refractivity contribution in [2.75, 3.05) is 26.7 Å². The summed E-state index contributed by atoms with van der Waals surface area (Å²) < 4.78 is 7.63. The van der Waals surface area contributed by atoms with E-state index in [-0.39, 0.29) is 11.8 Å². The molecule has 7 heteroatoms. The van der Waals surface area contributed by atoms with Crippen LogP contribution in [0.5, 0.6) is 5.75 Å². The standard InChI is InChI=1S/C20H20Br2N2O3/c1-23-8-7-13-11-16(21)18(17(22)12-13)27-10-4-9-24-19(25)14-5-2-3-6-15(14)20(24)26/h2-3,5-6,11-12,23H,4,7-10H2,1H3. The highest BCUT2D eigenvalue weighted by Gasteiger charge is 2.34. The Bertz CT molecular complexity index is 812. The largest absolute Gasteiger partial charge is 0.491 e. The van der Waals surface area contributed by atoms with Crippen molar-refractivity contribution in [3.63, 3.8) is 0 Å². The van der Waals surface area contributed by atoms with E-state index in [1.807, 2.05) is 19.2 Å². The Kier molecular flexibility index (Phi) is 6.68. The van der Waals surface area contributed by atoms with E-state index in [2.05, 4.69) is 37.2 Å². The lowest BCUT2D eigenvalue weighted by atomic mass is 10.1. The Balaban J connectivity index is 1.55. The zero-order valence-corrected chi connectivity index (χ0v) is 18.1. The third-order valence-electron chi connectivity index (χ3n) is 4.37. The molecule has 2 amide bonds. The van der Waals surface area contributed by atoms with E-state index < -0.39 is 0 Å². The number of ether oxygens (including phenoxy) is 1. The summed E-state index contributed by atoms with van der Waals surface area (Å²) in [6, 6.07) is 11.0. The van der Waals surface area contributed by atoms with Crippen LogP contribution in [0.15, 0.2) is 45.3 Å². The lowest BCUT2D eigenvalue weighted by Gasteiger charge is -2.15. The SMILES string of the molecule is CNCCc1cc(Br)c(OCCCN2C(=O)c3ccccc3C2=O)c(Br)c1. The fraction of sp³-hybridized carbons (Fsp3) is 0.300. The molecule has 1 heterocycles. The predicted molar refractivity (Wildman–Crippen MR) is 111 cm³/mol. The number of nitrogens with zero attached hydrogens (tertiary/aromatic N) is 1. The van der Waals surface area contributed by atoms with E-state index in [0.717, 1.165) is 27.7 Å². The van der Waals surface area contributed by atoms with Gasteiger partial charge in [-0.25, -0.2) is 0 Å². The minimum absolute atomic E-state index is 0.230. The molecule has 0 fully saturated rings. The first kappa shape index (κ1) is 20.0. The molecule has 1 aliphatic heterocycles. The van der Waals surface area contributed by atoms with Gasteiger partial charge in [0, 0.05) is 6.54 Å². The van der Waals surface area contributed by atoms with Crippen LogP contribution in [0, 0.1) is 0 Å². The van der Waals surface area contributed by atoms with Gasteiger partial charge < -0.3 is 10.1 Å². The van der Waals surface area contributed by atoms with Crippen LogP contribution < -0.4 is 10.1 Å². The minimum atomic E-state index is -0.230. The average Bonchev–Trinajstić information content (AvgIpc) is 2.90. The number of rotatable bonds is 8. The van der Waals surface area contributed by atoms with Crippen LogP contribution in [0.25, 0.3) is 0 Å². The van der Waals surface area contributed by atoms with Gasteiger partial charge in [-0.2, -0.15) is 0 Å². The molecule has 0 unspecified atom stereocenters. The van der Waals surface area contributed by atoms with Crippen molar-refractivity contribution in [3.05, 3.63) is 62.0 Å². The first-order valence-corrected chi connectivity index (χ1v) is 10.3. The van der Waals surface area contributed by atoms with Crippen molar-refractivity contribution in [1.82, 2.24) is 10.2 Å². The molecule has 2 aromatic carbocycles. The second kappa shape index (κ2) is 8.99. The molecule has 27 heavy (non-hydrogen) atoms. The molecular weight excluding hydrogens is 476 g/mol. The van der Waals surface area contributed by atoms with E-state index in [4.69, 9.17) is 4.74 Å². The van der Waals surface area contributed by atoms with Gasteiger partial charge in [-0.05, 0) is 88.1 Å². The maximum atomic E-state index is 12.3. The average molecular weight is 496 g/mol. The summed E-state index contributed by atoms with van der Waals surface area (Å²) in [6.07, 6.45) is 1.49. The molecule has 0 bridgehead atoms. The van der Waals surface area contributed by atoms with Gasteiger partial charge in [-0.3, -0.25) is 14.5 Å². The van der Waals surface area contributed by atoms with Crippen LogP contribution in [-0.2, 0) is 6.42 Å². The first-order valence-electron chi connectivity index (χ1n) is 8.73. The lowest BCUT2D eigenvalue weighted by molar-refractivity contribution is 0.0646.